The van der Waals surface area contributed by atoms with Crippen LogP contribution in [0.3, 0.4) is 0 Å². The lowest BCUT2D eigenvalue weighted by Gasteiger charge is -2.35. The molecule has 2 atom stereocenters. The Morgan fingerprint density at radius 3 is 2.67 bits per heavy atom. The van der Waals surface area contributed by atoms with Gasteiger partial charge in [0.15, 0.2) is 0 Å². The lowest BCUT2D eigenvalue weighted by Crippen LogP contribution is -2.45. The van der Waals surface area contributed by atoms with Crippen LogP contribution in [0.1, 0.15) is 39.0 Å². The highest BCUT2D eigenvalue weighted by Gasteiger charge is 2.30. The fraction of sp³-hybridized carbons (Fsp3) is 1.00. The maximum absolute atomic E-state index is 5.39. The molecule has 0 bridgehead atoms. The van der Waals surface area contributed by atoms with Crippen LogP contribution in [0.15, 0.2) is 0 Å². The maximum atomic E-state index is 5.39. The third-order valence-electron chi connectivity index (χ3n) is 2.53. The third-order valence-corrected chi connectivity index (χ3v) is 2.53. The van der Waals surface area contributed by atoms with Gasteiger partial charge in [0.05, 0.1) is 12.7 Å². The quantitative estimate of drug-likeness (QED) is 0.573. The molecule has 0 amide bonds. The highest BCUT2D eigenvalue weighted by Crippen LogP contribution is 2.21. The molecule has 0 aromatic rings. The molecule has 12 heavy (non-hydrogen) atoms. The Bertz CT molecular complexity index is 112. The lowest BCUT2D eigenvalue weighted by atomic mass is 10.0. The van der Waals surface area contributed by atoms with E-state index < -0.39 is 0 Å². The van der Waals surface area contributed by atoms with Gasteiger partial charge in [-0.2, -0.15) is 0 Å². The van der Waals surface area contributed by atoms with Crippen LogP contribution in [0, 0.1) is 0 Å². The van der Waals surface area contributed by atoms with Gasteiger partial charge in [0, 0.05) is 7.11 Å². The Balaban J connectivity index is 1.93. The molecule has 0 aliphatic carbocycles. The van der Waals surface area contributed by atoms with Gasteiger partial charge in [0.2, 0.25) is 0 Å². The fourth-order valence-electron chi connectivity index (χ4n) is 1.57. The van der Waals surface area contributed by atoms with E-state index >= 15 is 0 Å². The average molecular weight is 172 g/mol. The van der Waals surface area contributed by atoms with Crippen LogP contribution in [-0.4, -0.2) is 25.9 Å². The van der Waals surface area contributed by atoms with Crippen molar-refractivity contribution in [3.8, 4) is 0 Å². The summed E-state index contributed by atoms with van der Waals surface area (Å²) >= 11 is 0. The predicted molar refractivity (Wildman–Crippen MR) is 49.3 cm³/mol. The summed E-state index contributed by atoms with van der Waals surface area (Å²) < 4.78 is 10.6. The highest BCUT2D eigenvalue weighted by atomic mass is 16.6. The van der Waals surface area contributed by atoms with Crippen molar-refractivity contribution in [2.75, 3.05) is 13.7 Å². The van der Waals surface area contributed by atoms with Crippen LogP contribution in [0.5, 0.6) is 0 Å². The van der Waals surface area contributed by atoms with E-state index in [2.05, 4.69) is 6.92 Å². The van der Waals surface area contributed by atoms with Crippen LogP contribution in [-0.2, 0) is 9.47 Å². The number of rotatable bonds is 6. The van der Waals surface area contributed by atoms with Gasteiger partial charge in [-0.3, -0.25) is 0 Å². The predicted octanol–water partition coefficient (Wildman–Crippen LogP) is 2.37. The SMILES string of the molecule is CCCCCCC1OC[C@@H]1OC. The van der Waals surface area contributed by atoms with Gasteiger partial charge in [-0.1, -0.05) is 32.6 Å². The Kier molecular flexibility index (Phi) is 4.62. The summed E-state index contributed by atoms with van der Waals surface area (Å²) in [6, 6.07) is 0. The minimum Gasteiger partial charge on any atom is -0.376 e. The van der Waals surface area contributed by atoms with Gasteiger partial charge in [0.1, 0.15) is 6.10 Å². The van der Waals surface area contributed by atoms with Crippen molar-refractivity contribution in [2.24, 2.45) is 0 Å². The Labute approximate surface area is 75.2 Å². The van der Waals surface area contributed by atoms with E-state index in [0.29, 0.717) is 12.2 Å². The minimum atomic E-state index is 0.381. The van der Waals surface area contributed by atoms with Gasteiger partial charge < -0.3 is 9.47 Å². The van der Waals surface area contributed by atoms with E-state index in [1.165, 1.54) is 32.1 Å². The first-order valence-electron chi connectivity index (χ1n) is 5.03. The highest BCUT2D eigenvalue weighted by molar-refractivity contribution is 4.78. The van der Waals surface area contributed by atoms with E-state index in [4.69, 9.17) is 9.47 Å². The zero-order valence-electron chi connectivity index (χ0n) is 8.21. The second-order valence-corrected chi connectivity index (χ2v) is 3.50. The van der Waals surface area contributed by atoms with Gasteiger partial charge in [-0.25, -0.2) is 0 Å². The summed E-state index contributed by atoms with van der Waals surface area (Å²) in [6.45, 7) is 3.03. The first-order valence-corrected chi connectivity index (χ1v) is 5.03. The molecule has 0 N–H and O–H groups in total. The van der Waals surface area contributed by atoms with E-state index in [-0.39, 0.29) is 0 Å². The molecular weight excluding hydrogens is 152 g/mol. The first kappa shape index (κ1) is 10.0. The molecule has 1 aliphatic rings. The van der Waals surface area contributed by atoms with E-state index in [1.54, 1.807) is 7.11 Å². The molecule has 2 heteroatoms. The molecule has 0 aromatic carbocycles. The van der Waals surface area contributed by atoms with Crippen LogP contribution >= 0.6 is 0 Å². The molecule has 1 unspecified atom stereocenters. The average Bonchev–Trinajstić information content (AvgIpc) is 2.03. The summed E-state index contributed by atoms with van der Waals surface area (Å²) in [7, 11) is 1.77. The zero-order valence-corrected chi connectivity index (χ0v) is 8.21. The van der Waals surface area contributed by atoms with Crippen molar-refractivity contribution in [2.45, 2.75) is 51.2 Å². The van der Waals surface area contributed by atoms with E-state index in [0.717, 1.165) is 6.61 Å². The second kappa shape index (κ2) is 5.55. The molecule has 1 saturated heterocycles. The smallest absolute Gasteiger partial charge is 0.107 e. The van der Waals surface area contributed by atoms with Gasteiger partial charge in [-0.15, -0.1) is 0 Å². The molecule has 1 heterocycles. The summed E-state index contributed by atoms with van der Waals surface area (Å²) in [6.07, 6.45) is 7.24. The molecule has 1 rings (SSSR count). The Hall–Kier alpha value is -0.0800. The summed E-state index contributed by atoms with van der Waals surface area (Å²) in [5.74, 6) is 0. The number of hydrogen-bond donors (Lipinski definition) is 0. The van der Waals surface area contributed by atoms with Gasteiger partial charge in [-0.05, 0) is 6.42 Å². The zero-order chi connectivity index (χ0) is 8.81. The fourth-order valence-corrected chi connectivity index (χ4v) is 1.57. The largest absolute Gasteiger partial charge is 0.376 e. The maximum Gasteiger partial charge on any atom is 0.107 e. The lowest BCUT2D eigenvalue weighted by molar-refractivity contribution is -0.178. The number of hydrogen-bond acceptors (Lipinski definition) is 2. The van der Waals surface area contributed by atoms with Crippen LogP contribution in [0.25, 0.3) is 0 Å². The Morgan fingerprint density at radius 1 is 1.33 bits per heavy atom. The number of ether oxygens (including phenoxy) is 2. The number of unbranched alkanes of at least 4 members (excludes halogenated alkanes) is 3. The van der Waals surface area contributed by atoms with Crippen molar-refractivity contribution < 1.29 is 9.47 Å². The van der Waals surface area contributed by atoms with Crippen LogP contribution in [0.4, 0.5) is 0 Å². The molecule has 1 aliphatic heterocycles. The summed E-state index contributed by atoms with van der Waals surface area (Å²) in [5.41, 5.74) is 0. The van der Waals surface area contributed by atoms with E-state index in [1.807, 2.05) is 0 Å². The normalized spacial score (nSPS) is 28.5. The topological polar surface area (TPSA) is 18.5 Å². The van der Waals surface area contributed by atoms with Crippen molar-refractivity contribution >= 4 is 0 Å². The van der Waals surface area contributed by atoms with Crippen molar-refractivity contribution in [1.29, 1.82) is 0 Å². The summed E-state index contributed by atoms with van der Waals surface area (Å²) in [4.78, 5) is 0. The van der Waals surface area contributed by atoms with E-state index in [9.17, 15) is 0 Å². The second-order valence-electron chi connectivity index (χ2n) is 3.50. The molecule has 72 valence electrons. The molecule has 0 radical (unpaired) electrons. The van der Waals surface area contributed by atoms with Crippen molar-refractivity contribution in [3.63, 3.8) is 0 Å². The third kappa shape index (κ3) is 2.76. The molecule has 2 nitrogen and oxygen atoms in total. The molecular formula is C10H20O2. The number of methoxy groups -OCH3 is 1. The summed E-state index contributed by atoms with van der Waals surface area (Å²) in [5, 5.41) is 0. The van der Waals surface area contributed by atoms with Gasteiger partial charge >= 0.3 is 0 Å². The standard InChI is InChI=1S/C10H20O2/c1-3-4-5-6-7-9-10(11-2)8-12-9/h9-10H,3-8H2,1-2H3/t9?,10-/m0/s1. The monoisotopic (exact) mass is 172 g/mol. The molecule has 0 aromatic heterocycles. The van der Waals surface area contributed by atoms with Crippen LogP contribution in [0.2, 0.25) is 0 Å². The first-order chi connectivity index (χ1) is 5.88. The molecule has 0 saturated carbocycles. The van der Waals surface area contributed by atoms with Crippen molar-refractivity contribution in [1.82, 2.24) is 0 Å². The Morgan fingerprint density at radius 2 is 2.17 bits per heavy atom. The van der Waals surface area contributed by atoms with Crippen molar-refractivity contribution in [3.05, 3.63) is 0 Å². The molecule has 1 fully saturated rings. The van der Waals surface area contributed by atoms with Crippen LogP contribution < -0.4 is 0 Å². The minimum absolute atomic E-state index is 0.381. The van der Waals surface area contributed by atoms with Gasteiger partial charge in [0.25, 0.3) is 0 Å². The molecule has 0 spiro atoms.